The maximum atomic E-state index is 12.1. The Kier molecular flexibility index (Phi) is 5.37. The van der Waals surface area contributed by atoms with Crippen LogP contribution in [-0.4, -0.2) is 17.9 Å². The molecule has 0 atom stereocenters. The van der Waals surface area contributed by atoms with Crippen LogP contribution in [0.2, 0.25) is 0 Å². The fourth-order valence-corrected chi connectivity index (χ4v) is 2.87. The van der Waals surface area contributed by atoms with Crippen LogP contribution in [0.15, 0.2) is 18.2 Å². The topological polar surface area (TPSA) is 58.2 Å². The molecule has 0 spiro atoms. The fourth-order valence-electron chi connectivity index (χ4n) is 2.87. The van der Waals surface area contributed by atoms with Crippen LogP contribution in [0, 0.1) is 6.92 Å². The largest absolute Gasteiger partial charge is 0.345 e. The van der Waals surface area contributed by atoms with Crippen LogP contribution in [0.25, 0.3) is 0 Å². The minimum Gasteiger partial charge on any atom is -0.345 e. The molecule has 1 aromatic rings. The normalized spacial score (nSPS) is 15.5. The standard InChI is InChI=1S/C17H24N2O2/c1-3-13-9-7-8-12(2)15(13)19-17(21)16(20)18-14-10-5-4-6-11-14/h7-9,14H,3-6,10-11H2,1-2H3,(H,18,20)(H,19,21). The SMILES string of the molecule is CCc1cccc(C)c1NC(=O)C(=O)NC1CCCCC1. The van der Waals surface area contributed by atoms with E-state index in [1.807, 2.05) is 32.0 Å². The van der Waals surface area contributed by atoms with Crippen LogP contribution in [0.3, 0.4) is 0 Å². The van der Waals surface area contributed by atoms with Gasteiger partial charge in [-0.2, -0.15) is 0 Å². The minimum atomic E-state index is -0.565. The molecular weight excluding hydrogens is 264 g/mol. The van der Waals surface area contributed by atoms with Gasteiger partial charge in [0.15, 0.2) is 0 Å². The molecule has 1 aliphatic carbocycles. The lowest BCUT2D eigenvalue weighted by atomic mass is 9.95. The first-order valence-electron chi connectivity index (χ1n) is 7.82. The van der Waals surface area contributed by atoms with Gasteiger partial charge in [0.05, 0.1) is 0 Å². The van der Waals surface area contributed by atoms with Crippen molar-refractivity contribution in [3.63, 3.8) is 0 Å². The maximum absolute atomic E-state index is 12.1. The molecule has 114 valence electrons. The Balaban J connectivity index is 1.99. The third-order valence-corrected chi connectivity index (χ3v) is 4.13. The summed E-state index contributed by atoms with van der Waals surface area (Å²) in [5, 5.41) is 5.61. The van der Waals surface area contributed by atoms with Crippen molar-refractivity contribution in [2.24, 2.45) is 0 Å². The molecule has 0 saturated heterocycles. The predicted molar refractivity (Wildman–Crippen MR) is 84.2 cm³/mol. The van der Waals surface area contributed by atoms with E-state index in [9.17, 15) is 9.59 Å². The highest BCUT2D eigenvalue weighted by Gasteiger charge is 2.21. The number of aryl methyl sites for hydroxylation is 2. The Bertz CT molecular complexity index is 520. The van der Waals surface area contributed by atoms with Crippen molar-refractivity contribution in [2.75, 3.05) is 5.32 Å². The first-order valence-corrected chi connectivity index (χ1v) is 7.82. The van der Waals surface area contributed by atoms with Crippen molar-refractivity contribution >= 4 is 17.5 Å². The quantitative estimate of drug-likeness (QED) is 0.840. The molecule has 0 bridgehead atoms. The van der Waals surface area contributed by atoms with Gasteiger partial charge in [-0.15, -0.1) is 0 Å². The van der Waals surface area contributed by atoms with Crippen molar-refractivity contribution in [3.05, 3.63) is 29.3 Å². The Morgan fingerprint density at radius 3 is 2.52 bits per heavy atom. The van der Waals surface area contributed by atoms with E-state index in [2.05, 4.69) is 10.6 Å². The molecule has 2 rings (SSSR count). The van der Waals surface area contributed by atoms with Gasteiger partial charge >= 0.3 is 11.8 Å². The lowest BCUT2D eigenvalue weighted by Crippen LogP contribution is -2.42. The monoisotopic (exact) mass is 288 g/mol. The van der Waals surface area contributed by atoms with Gasteiger partial charge in [-0.05, 0) is 37.3 Å². The third kappa shape index (κ3) is 4.06. The number of carbonyl (C=O) groups is 2. The van der Waals surface area contributed by atoms with E-state index in [1.54, 1.807) is 0 Å². The van der Waals surface area contributed by atoms with E-state index < -0.39 is 11.8 Å². The first-order chi connectivity index (χ1) is 10.1. The van der Waals surface area contributed by atoms with Crippen molar-refractivity contribution in [1.29, 1.82) is 0 Å². The molecule has 1 fully saturated rings. The highest BCUT2D eigenvalue weighted by molar-refractivity contribution is 6.39. The highest BCUT2D eigenvalue weighted by atomic mass is 16.2. The maximum Gasteiger partial charge on any atom is 0.313 e. The summed E-state index contributed by atoms with van der Waals surface area (Å²) in [6.45, 7) is 3.97. The predicted octanol–water partition coefficient (Wildman–Crippen LogP) is 2.94. The number of amides is 2. The highest BCUT2D eigenvalue weighted by Crippen LogP contribution is 2.21. The molecule has 0 aliphatic heterocycles. The minimum absolute atomic E-state index is 0.152. The number of nitrogens with one attached hydrogen (secondary N) is 2. The van der Waals surface area contributed by atoms with Gasteiger partial charge in [0.2, 0.25) is 0 Å². The zero-order chi connectivity index (χ0) is 15.2. The summed E-state index contributed by atoms with van der Waals surface area (Å²) < 4.78 is 0. The second-order valence-electron chi connectivity index (χ2n) is 5.73. The van der Waals surface area contributed by atoms with Gasteiger partial charge in [-0.3, -0.25) is 9.59 Å². The molecular formula is C17H24N2O2. The average molecular weight is 288 g/mol. The number of para-hydroxylation sites is 1. The lowest BCUT2D eigenvalue weighted by molar-refractivity contribution is -0.136. The van der Waals surface area contributed by atoms with Gasteiger partial charge in [0, 0.05) is 11.7 Å². The van der Waals surface area contributed by atoms with Crippen LogP contribution in [-0.2, 0) is 16.0 Å². The number of hydrogen-bond donors (Lipinski definition) is 2. The number of anilines is 1. The van der Waals surface area contributed by atoms with Crippen molar-refractivity contribution in [2.45, 2.75) is 58.4 Å². The van der Waals surface area contributed by atoms with E-state index >= 15 is 0 Å². The van der Waals surface area contributed by atoms with Crippen molar-refractivity contribution in [1.82, 2.24) is 5.32 Å². The summed E-state index contributed by atoms with van der Waals surface area (Å²) in [7, 11) is 0. The van der Waals surface area contributed by atoms with Crippen molar-refractivity contribution < 1.29 is 9.59 Å². The first kappa shape index (κ1) is 15.5. The van der Waals surface area contributed by atoms with Crippen molar-refractivity contribution in [3.8, 4) is 0 Å². The van der Waals surface area contributed by atoms with Gasteiger partial charge < -0.3 is 10.6 Å². The molecule has 1 aromatic carbocycles. The van der Waals surface area contributed by atoms with Crippen LogP contribution < -0.4 is 10.6 Å². The Labute approximate surface area is 126 Å². The summed E-state index contributed by atoms with van der Waals surface area (Å²) in [6, 6.07) is 6.03. The smallest absolute Gasteiger partial charge is 0.313 e. The molecule has 0 heterocycles. The Morgan fingerprint density at radius 2 is 1.86 bits per heavy atom. The Hall–Kier alpha value is -1.84. The molecule has 1 aliphatic rings. The zero-order valence-corrected chi connectivity index (χ0v) is 12.9. The van der Waals surface area contributed by atoms with E-state index in [-0.39, 0.29) is 6.04 Å². The molecule has 0 aromatic heterocycles. The van der Waals surface area contributed by atoms with E-state index in [1.165, 1.54) is 6.42 Å². The van der Waals surface area contributed by atoms with E-state index in [4.69, 9.17) is 0 Å². The Morgan fingerprint density at radius 1 is 1.14 bits per heavy atom. The molecule has 21 heavy (non-hydrogen) atoms. The molecule has 1 saturated carbocycles. The van der Waals surface area contributed by atoms with Gasteiger partial charge in [0.1, 0.15) is 0 Å². The molecule has 2 N–H and O–H groups in total. The lowest BCUT2D eigenvalue weighted by Gasteiger charge is -2.22. The zero-order valence-electron chi connectivity index (χ0n) is 12.9. The van der Waals surface area contributed by atoms with Gasteiger partial charge in [-0.1, -0.05) is 44.4 Å². The number of carbonyl (C=O) groups excluding carboxylic acids is 2. The van der Waals surface area contributed by atoms with Crippen LogP contribution in [0.1, 0.15) is 50.2 Å². The summed E-state index contributed by atoms with van der Waals surface area (Å²) in [4.78, 5) is 24.1. The fraction of sp³-hybridized carbons (Fsp3) is 0.529. The van der Waals surface area contributed by atoms with Crippen LogP contribution >= 0.6 is 0 Å². The van der Waals surface area contributed by atoms with E-state index in [0.29, 0.717) is 0 Å². The molecule has 4 nitrogen and oxygen atoms in total. The second kappa shape index (κ2) is 7.25. The van der Waals surface area contributed by atoms with E-state index in [0.717, 1.165) is 48.9 Å². The number of hydrogen-bond acceptors (Lipinski definition) is 2. The summed E-state index contributed by atoms with van der Waals surface area (Å²) >= 11 is 0. The van der Waals surface area contributed by atoms with Gasteiger partial charge in [-0.25, -0.2) is 0 Å². The third-order valence-electron chi connectivity index (χ3n) is 4.13. The summed E-state index contributed by atoms with van der Waals surface area (Å²) in [6.07, 6.45) is 6.26. The number of benzene rings is 1. The summed E-state index contributed by atoms with van der Waals surface area (Å²) in [5.41, 5.74) is 2.80. The number of rotatable bonds is 3. The molecule has 2 amide bonds. The average Bonchev–Trinajstić information content (AvgIpc) is 2.50. The van der Waals surface area contributed by atoms with Crippen LogP contribution in [0.5, 0.6) is 0 Å². The van der Waals surface area contributed by atoms with Gasteiger partial charge in [0.25, 0.3) is 0 Å². The molecule has 4 heteroatoms. The summed E-state index contributed by atoms with van der Waals surface area (Å²) in [5.74, 6) is -1.09. The van der Waals surface area contributed by atoms with Crippen LogP contribution in [0.4, 0.5) is 5.69 Å². The second-order valence-corrected chi connectivity index (χ2v) is 5.73. The molecule has 0 unspecified atom stereocenters. The molecule has 0 radical (unpaired) electrons.